The van der Waals surface area contributed by atoms with E-state index in [-0.39, 0.29) is 12.3 Å². The molecule has 7 heteroatoms. The average Bonchev–Trinajstić information content (AvgIpc) is 3.33. The van der Waals surface area contributed by atoms with Crippen LogP contribution >= 0.6 is 34.0 Å². The van der Waals surface area contributed by atoms with Crippen molar-refractivity contribution in [1.29, 1.82) is 5.26 Å². The molecule has 3 heterocycles. The largest absolute Gasteiger partial charge is 0.316 e. The Balaban J connectivity index is 1.48. The molecule has 0 saturated carbocycles. The SMILES string of the molecule is N#Cc1c(NC(=O)Cc2csc(-c3cccs3)n2)sc2c1CCCC2. The highest BCUT2D eigenvalue weighted by atomic mass is 32.1. The van der Waals surface area contributed by atoms with Gasteiger partial charge in [0.1, 0.15) is 16.1 Å². The maximum absolute atomic E-state index is 12.4. The molecule has 0 unspecified atom stereocenters. The molecule has 25 heavy (non-hydrogen) atoms. The number of carbonyl (C=O) groups excluding carboxylic acids is 1. The second-order valence-corrected chi connectivity index (χ2v) is 8.78. The molecule has 0 spiro atoms. The lowest BCUT2D eigenvalue weighted by Gasteiger charge is -2.09. The number of hydrogen-bond donors (Lipinski definition) is 1. The number of thiazole rings is 1. The fourth-order valence-corrected chi connectivity index (χ4v) is 5.90. The topological polar surface area (TPSA) is 65.8 Å². The van der Waals surface area contributed by atoms with Crippen molar-refractivity contribution in [3.05, 3.63) is 44.6 Å². The van der Waals surface area contributed by atoms with Crippen LogP contribution in [0.2, 0.25) is 0 Å². The molecule has 1 aliphatic carbocycles. The molecule has 3 aromatic heterocycles. The molecule has 0 aliphatic heterocycles. The van der Waals surface area contributed by atoms with Gasteiger partial charge in [0, 0.05) is 10.3 Å². The van der Waals surface area contributed by atoms with Crippen LogP contribution in [-0.4, -0.2) is 10.9 Å². The summed E-state index contributed by atoms with van der Waals surface area (Å²) >= 11 is 4.76. The van der Waals surface area contributed by atoms with Crippen LogP contribution in [0.3, 0.4) is 0 Å². The van der Waals surface area contributed by atoms with E-state index >= 15 is 0 Å². The molecule has 1 N–H and O–H groups in total. The Morgan fingerprint density at radius 1 is 1.32 bits per heavy atom. The Kier molecular flexibility index (Phi) is 4.66. The van der Waals surface area contributed by atoms with E-state index in [1.807, 2.05) is 22.9 Å². The first-order valence-corrected chi connectivity index (χ1v) is 10.6. The van der Waals surface area contributed by atoms with Gasteiger partial charge >= 0.3 is 0 Å². The second kappa shape index (κ2) is 7.08. The molecule has 3 aromatic rings. The summed E-state index contributed by atoms with van der Waals surface area (Å²) in [7, 11) is 0. The highest BCUT2D eigenvalue weighted by Gasteiger charge is 2.22. The molecule has 4 rings (SSSR count). The molecule has 1 amide bonds. The van der Waals surface area contributed by atoms with Gasteiger partial charge in [-0.1, -0.05) is 6.07 Å². The summed E-state index contributed by atoms with van der Waals surface area (Å²) in [5.74, 6) is -0.113. The van der Waals surface area contributed by atoms with Crippen LogP contribution < -0.4 is 5.32 Å². The van der Waals surface area contributed by atoms with Crippen molar-refractivity contribution in [2.75, 3.05) is 5.32 Å². The first-order chi connectivity index (χ1) is 12.2. The number of aromatic nitrogens is 1. The van der Waals surface area contributed by atoms with Crippen LogP contribution in [0.5, 0.6) is 0 Å². The van der Waals surface area contributed by atoms with Crippen molar-refractivity contribution < 1.29 is 4.79 Å². The third kappa shape index (κ3) is 3.38. The Labute approximate surface area is 157 Å². The quantitative estimate of drug-likeness (QED) is 0.697. The fourth-order valence-electron chi connectivity index (χ4n) is 3.01. The lowest BCUT2D eigenvalue weighted by atomic mass is 9.96. The summed E-state index contributed by atoms with van der Waals surface area (Å²) in [4.78, 5) is 19.3. The van der Waals surface area contributed by atoms with Gasteiger partial charge < -0.3 is 5.32 Å². The third-order valence-corrected chi connectivity index (χ3v) is 7.30. The van der Waals surface area contributed by atoms with E-state index in [9.17, 15) is 10.1 Å². The molecule has 0 aromatic carbocycles. The molecule has 1 aliphatic rings. The van der Waals surface area contributed by atoms with Crippen LogP contribution in [0.1, 0.15) is 34.5 Å². The van der Waals surface area contributed by atoms with Gasteiger partial charge in [0.25, 0.3) is 0 Å². The number of aryl methyl sites for hydroxylation is 1. The second-order valence-electron chi connectivity index (χ2n) is 5.87. The van der Waals surface area contributed by atoms with E-state index in [2.05, 4.69) is 16.4 Å². The minimum atomic E-state index is -0.113. The number of nitrogens with zero attached hydrogens (tertiary/aromatic N) is 2. The van der Waals surface area contributed by atoms with Gasteiger partial charge in [0.05, 0.1) is 22.6 Å². The average molecular weight is 386 g/mol. The molecule has 0 saturated heterocycles. The van der Waals surface area contributed by atoms with Crippen LogP contribution in [0, 0.1) is 11.3 Å². The summed E-state index contributed by atoms with van der Waals surface area (Å²) in [5.41, 5.74) is 2.57. The molecular formula is C18H15N3OS3. The zero-order valence-electron chi connectivity index (χ0n) is 13.4. The normalized spacial score (nSPS) is 13.2. The van der Waals surface area contributed by atoms with Gasteiger partial charge in [-0.2, -0.15) is 5.26 Å². The van der Waals surface area contributed by atoms with E-state index in [1.54, 1.807) is 34.0 Å². The zero-order chi connectivity index (χ0) is 17.2. The van der Waals surface area contributed by atoms with E-state index in [4.69, 9.17) is 0 Å². The minimum Gasteiger partial charge on any atom is -0.316 e. The summed E-state index contributed by atoms with van der Waals surface area (Å²) in [5, 5.41) is 18.0. The Morgan fingerprint density at radius 2 is 2.20 bits per heavy atom. The van der Waals surface area contributed by atoms with Crippen LogP contribution in [0.25, 0.3) is 9.88 Å². The maximum Gasteiger partial charge on any atom is 0.231 e. The summed E-state index contributed by atoms with van der Waals surface area (Å²) < 4.78 is 0. The van der Waals surface area contributed by atoms with Crippen molar-refractivity contribution in [3.63, 3.8) is 0 Å². The van der Waals surface area contributed by atoms with Crippen molar-refractivity contribution in [1.82, 2.24) is 4.98 Å². The van der Waals surface area contributed by atoms with E-state index < -0.39 is 0 Å². The lowest BCUT2D eigenvalue weighted by molar-refractivity contribution is -0.115. The third-order valence-electron chi connectivity index (χ3n) is 4.16. The van der Waals surface area contributed by atoms with Crippen molar-refractivity contribution in [2.24, 2.45) is 0 Å². The van der Waals surface area contributed by atoms with Gasteiger partial charge in [-0.25, -0.2) is 4.98 Å². The predicted octanol–water partition coefficient (Wildman–Crippen LogP) is 4.86. The summed E-state index contributed by atoms with van der Waals surface area (Å²) in [6, 6.07) is 6.31. The predicted molar refractivity (Wildman–Crippen MR) is 103 cm³/mol. The van der Waals surface area contributed by atoms with Crippen LogP contribution in [0.4, 0.5) is 5.00 Å². The Morgan fingerprint density at radius 3 is 3.00 bits per heavy atom. The van der Waals surface area contributed by atoms with Gasteiger partial charge in [-0.15, -0.1) is 34.0 Å². The van der Waals surface area contributed by atoms with Gasteiger partial charge in [-0.3, -0.25) is 4.79 Å². The molecule has 0 atom stereocenters. The monoisotopic (exact) mass is 385 g/mol. The number of nitriles is 1. The number of thiophene rings is 2. The number of carbonyl (C=O) groups is 1. The molecule has 0 fully saturated rings. The molecular weight excluding hydrogens is 370 g/mol. The zero-order valence-corrected chi connectivity index (χ0v) is 15.8. The number of anilines is 1. The van der Waals surface area contributed by atoms with Crippen molar-refractivity contribution >= 4 is 44.9 Å². The number of fused-ring (bicyclic) bond motifs is 1. The van der Waals surface area contributed by atoms with Crippen molar-refractivity contribution in [3.8, 4) is 16.0 Å². The maximum atomic E-state index is 12.4. The molecule has 4 nitrogen and oxygen atoms in total. The van der Waals surface area contributed by atoms with Gasteiger partial charge in [0.15, 0.2) is 0 Å². The highest BCUT2D eigenvalue weighted by molar-refractivity contribution is 7.20. The number of hydrogen-bond acceptors (Lipinski definition) is 6. The fraction of sp³-hybridized carbons (Fsp3) is 0.278. The summed E-state index contributed by atoms with van der Waals surface area (Å²) in [6.07, 6.45) is 4.48. The van der Waals surface area contributed by atoms with Crippen molar-refractivity contribution in [2.45, 2.75) is 32.1 Å². The minimum absolute atomic E-state index is 0.113. The van der Waals surface area contributed by atoms with E-state index in [0.29, 0.717) is 10.6 Å². The molecule has 126 valence electrons. The smallest absolute Gasteiger partial charge is 0.231 e. The number of amides is 1. The van der Waals surface area contributed by atoms with E-state index in [1.165, 1.54) is 4.88 Å². The Hall–Kier alpha value is -2.01. The Bertz CT molecular complexity index is 947. The molecule has 0 bridgehead atoms. The van der Waals surface area contributed by atoms with Crippen LogP contribution in [0.15, 0.2) is 22.9 Å². The van der Waals surface area contributed by atoms with E-state index in [0.717, 1.165) is 46.8 Å². The number of rotatable bonds is 4. The van der Waals surface area contributed by atoms with Gasteiger partial charge in [-0.05, 0) is 42.7 Å². The summed E-state index contributed by atoms with van der Waals surface area (Å²) in [6.45, 7) is 0. The first-order valence-electron chi connectivity index (χ1n) is 8.07. The van der Waals surface area contributed by atoms with Crippen LogP contribution in [-0.2, 0) is 24.1 Å². The first kappa shape index (κ1) is 16.5. The molecule has 0 radical (unpaired) electrons. The number of nitrogens with one attached hydrogen (secondary N) is 1. The standard InChI is InChI=1S/C18H15N3OS3/c19-9-13-12-4-1-2-5-14(12)25-17(13)21-16(22)8-11-10-24-18(20-11)15-6-3-7-23-15/h3,6-7,10H,1-2,4-5,8H2,(H,21,22). The van der Waals surface area contributed by atoms with Gasteiger partial charge in [0.2, 0.25) is 5.91 Å². The highest BCUT2D eigenvalue weighted by Crippen LogP contribution is 2.37. The lowest BCUT2D eigenvalue weighted by Crippen LogP contribution is -2.14.